The van der Waals surface area contributed by atoms with Crippen LogP contribution in [0.5, 0.6) is 11.5 Å². The van der Waals surface area contributed by atoms with Gasteiger partial charge in [0.15, 0.2) is 6.23 Å². The molecule has 4 aromatic rings. The Kier molecular flexibility index (Phi) is 24.9. The van der Waals surface area contributed by atoms with Gasteiger partial charge in [-0.2, -0.15) is 5.26 Å². The number of aromatic nitrogens is 2. The summed E-state index contributed by atoms with van der Waals surface area (Å²) in [6.07, 6.45) is 12.9. The van der Waals surface area contributed by atoms with E-state index in [9.17, 15) is 19.6 Å². The third-order valence-electron chi connectivity index (χ3n) is 13.0. The van der Waals surface area contributed by atoms with Gasteiger partial charge in [0.05, 0.1) is 47.0 Å². The van der Waals surface area contributed by atoms with E-state index in [0.29, 0.717) is 24.5 Å². The van der Waals surface area contributed by atoms with Gasteiger partial charge >= 0.3 is 11.7 Å². The number of carbonyl (C=O) groups is 1. The lowest BCUT2D eigenvalue weighted by Gasteiger charge is -2.38. The van der Waals surface area contributed by atoms with Crippen molar-refractivity contribution in [1.29, 1.82) is 5.26 Å². The molecule has 16 heteroatoms. The van der Waals surface area contributed by atoms with Crippen LogP contribution in [0.2, 0.25) is 0 Å². The normalized spacial score (nSPS) is 17.3. The smallest absolute Gasteiger partial charge is 0.330 e. The molecule has 0 amide bonds. The molecule has 3 aromatic carbocycles. The first kappa shape index (κ1) is 58.0. The van der Waals surface area contributed by atoms with E-state index < -0.39 is 49.9 Å². The Morgan fingerprint density at radius 3 is 1.75 bits per heavy atom. The summed E-state index contributed by atoms with van der Waals surface area (Å²) in [5.41, 5.74) is 0.129. The SMILES string of the molecule is COC(=O)CCCCCCCCCCCCCCCOC1C(COC(c2ccccc2)(c2ccc(OC)cc2)c2ccc(OC)cc2)OC(n2ccc(=O)[nH]c2=O)C1OP(OCCC#N)N(C(C)C)C(C)C. The molecule has 1 fully saturated rings. The van der Waals surface area contributed by atoms with Crippen molar-refractivity contribution in [2.45, 2.75) is 166 Å². The van der Waals surface area contributed by atoms with E-state index in [4.69, 9.17) is 37.5 Å². The monoisotopic (exact) mass is 1010 g/mol. The fraction of sp³-hybridized carbons (Fsp3) is 0.571. The lowest BCUT2D eigenvalue weighted by molar-refractivity contribution is -0.140. The second-order valence-corrected chi connectivity index (χ2v) is 20.2. The number of ether oxygens (including phenoxy) is 6. The number of methoxy groups -OCH3 is 3. The highest BCUT2D eigenvalue weighted by molar-refractivity contribution is 7.44. The minimum Gasteiger partial charge on any atom is -0.497 e. The van der Waals surface area contributed by atoms with Crippen molar-refractivity contribution in [3.8, 4) is 17.6 Å². The van der Waals surface area contributed by atoms with Gasteiger partial charge in [0.2, 0.25) is 0 Å². The highest BCUT2D eigenvalue weighted by Gasteiger charge is 2.51. The number of nitriles is 1. The first-order valence-electron chi connectivity index (χ1n) is 25.9. The molecule has 1 aromatic heterocycles. The maximum absolute atomic E-state index is 13.7. The summed E-state index contributed by atoms with van der Waals surface area (Å²) in [6, 6.07) is 29.0. The summed E-state index contributed by atoms with van der Waals surface area (Å²) in [5.74, 6) is 1.25. The lowest BCUT2D eigenvalue weighted by Crippen LogP contribution is -2.43. The molecule has 5 atom stereocenters. The third-order valence-corrected chi connectivity index (χ3v) is 15.1. The van der Waals surface area contributed by atoms with E-state index in [0.717, 1.165) is 61.6 Å². The zero-order valence-corrected chi connectivity index (χ0v) is 44.5. The standard InChI is InChI=1S/C56H79N4O11P/c1-42(2)60(43(3)4)72(69-40-24-37-57)71-53-52(67-39-23-18-16-14-12-10-8-9-11-13-15-17-22-27-51(62)66-7)49(70-54(53)59-38-36-50(61)58-55(59)63)41-68-56(44-25-20-19-21-26-44,45-28-32-47(64-5)33-29-45)46-30-34-48(65-6)35-31-46/h19-21,25-26,28-36,38,42-43,49,52-54H,8-18,22-24,27,39-41H2,1-7H3,(H,58,61,63). The van der Waals surface area contributed by atoms with E-state index in [1.165, 1.54) is 62.5 Å². The topological polar surface area (TPSA) is 173 Å². The molecule has 1 aliphatic rings. The van der Waals surface area contributed by atoms with Crippen molar-refractivity contribution < 1.29 is 42.3 Å². The van der Waals surface area contributed by atoms with Crippen molar-refractivity contribution in [3.63, 3.8) is 0 Å². The fourth-order valence-corrected chi connectivity index (χ4v) is 11.1. The minimum absolute atomic E-state index is 0.0101. The van der Waals surface area contributed by atoms with Crippen LogP contribution in [0, 0.1) is 11.3 Å². The first-order chi connectivity index (χ1) is 35.0. The second-order valence-electron chi connectivity index (χ2n) is 18.8. The van der Waals surface area contributed by atoms with Crippen molar-refractivity contribution in [3.05, 3.63) is 129 Å². The molecular formula is C56H79N4O11P. The molecule has 0 aliphatic carbocycles. The molecule has 0 bridgehead atoms. The number of aromatic amines is 1. The Labute approximate surface area is 428 Å². The number of hydrogen-bond acceptors (Lipinski definition) is 13. The molecule has 0 spiro atoms. The van der Waals surface area contributed by atoms with E-state index in [1.54, 1.807) is 14.2 Å². The zero-order valence-electron chi connectivity index (χ0n) is 43.6. The van der Waals surface area contributed by atoms with Crippen molar-refractivity contribution >= 4 is 14.5 Å². The summed E-state index contributed by atoms with van der Waals surface area (Å²) in [6.45, 7) is 8.76. The van der Waals surface area contributed by atoms with Crippen LogP contribution in [0.25, 0.3) is 0 Å². The van der Waals surface area contributed by atoms with Crippen LogP contribution in [0.3, 0.4) is 0 Å². The number of rotatable bonds is 34. The predicted octanol–water partition coefficient (Wildman–Crippen LogP) is 11.1. The van der Waals surface area contributed by atoms with E-state index >= 15 is 0 Å². The summed E-state index contributed by atoms with van der Waals surface area (Å²) >= 11 is 0. The van der Waals surface area contributed by atoms with E-state index in [1.807, 2.05) is 78.9 Å². The molecule has 2 heterocycles. The average Bonchev–Trinajstić information content (AvgIpc) is 3.72. The molecule has 1 aliphatic heterocycles. The van der Waals surface area contributed by atoms with Crippen LogP contribution < -0.4 is 20.7 Å². The predicted molar refractivity (Wildman–Crippen MR) is 280 cm³/mol. The van der Waals surface area contributed by atoms with Gasteiger partial charge in [-0.05, 0) is 81.5 Å². The van der Waals surface area contributed by atoms with E-state index in [2.05, 4.69) is 43.4 Å². The lowest BCUT2D eigenvalue weighted by atomic mass is 9.80. The molecule has 5 unspecified atom stereocenters. The molecule has 0 saturated carbocycles. The van der Waals surface area contributed by atoms with Gasteiger partial charge in [-0.15, -0.1) is 0 Å². The van der Waals surface area contributed by atoms with Gasteiger partial charge in [-0.25, -0.2) is 9.46 Å². The Morgan fingerprint density at radius 1 is 0.722 bits per heavy atom. The number of unbranched alkanes of at least 4 members (excludes halogenated alkanes) is 12. The number of esters is 1. The first-order valence-corrected chi connectivity index (χ1v) is 27.0. The van der Waals surface area contributed by atoms with Gasteiger partial charge < -0.3 is 37.5 Å². The van der Waals surface area contributed by atoms with Crippen LogP contribution in [0.15, 0.2) is 101 Å². The van der Waals surface area contributed by atoms with E-state index in [-0.39, 0.29) is 37.7 Å². The summed E-state index contributed by atoms with van der Waals surface area (Å²) in [5, 5.41) is 9.52. The van der Waals surface area contributed by atoms with Gasteiger partial charge in [0.1, 0.15) is 35.4 Å². The number of hydrogen-bond donors (Lipinski definition) is 1. The number of H-pyrrole nitrogens is 1. The van der Waals surface area contributed by atoms with Crippen LogP contribution >= 0.6 is 8.53 Å². The molecule has 394 valence electrons. The van der Waals surface area contributed by atoms with Gasteiger partial charge in [-0.1, -0.05) is 125 Å². The Bertz CT molecular complexity index is 2260. The molecule has 0 radical (unpaired) electrons. The van der Waals surface area contributed by atoms with Gasteiger partial charge in [-0.3, -0.25) is 19.1 Å². The quantitative estimate of drug-likeness (QED) is 0.0203. The van der Waals surface area contributed by atoms with Gasteiger partial charge in [0, 0.05) is 37.4 Å². The maximum Gasteiger partial charge on any atom is 0.330 e. The van der Waals surface area contributed by atoms with Crippen molar-refractivity contribution in [1.82, 2.24) is 14.2 Å². The largest absolute Gasteiger partial charge is 0.497 e. The Hall–Kier alpha value is -4.91. The Morgan fingerprint density at radius 2 is 1.25 bits per heavy atom. The van der Waals surface area contributed by atoms with Crippen molar-refractivity contribution in [2.24, 2.45) is 0 Å². The van der Waals surface area contributed by atoms with Crippen LogP contribution in [0.1, 0.15) is 147 Å². The summed E-state index contributed by atoms with van der Waals surface area (Å²) < 4.78 is 54.3. The van der Waals surface area contributed by atoms with Gasteiger partial charge in [0.25, 0.3) is 14.1 Å². The summed E-state index contributed by atoms with van der Waals surface area (Å²) in [4.78, 5) is 39.9. The number of nitrogens with one attached hydrogen (secondary N) is 1. The average molecular weight is 1020 g/mol. The molecule has 72 heavy (non-hydrogen) atoms. The molecule has 5 rings (SSSR count). The zero-order chi connectivity index (χ0) is 51.7. The Balaban J connectivity index is 1.42. The number of nitrogens with zero attached hydrogens (tertiary/aromatic N) is 3. The molecular weight excluding hydrogens is 936 g/mol. The summed E-state index contributed by atoms with van der Waals surface area (Å²) in [7, 11) is 2.86. The minimum atomic E-state index is -1.84. The highest BCUT2D eigenvalue weighted by Crippen LogP contribution is 2.51. The molecule has 1 N–H and O–H groups in total. The highest BCUT2D eigenvalue weighted by atomic mass is 31.2. The third kappa shape index (κ3) is 16.8. The van der Waals surface area contributed by atoms with Crippen molar-refractivity contribution in [2.75, 3.05) is 41.2 Å². The fourth-order valence-electron chi connectivity index (χ4n) is 9.32. The number of benzene rings is 3. The second kappa shape index (κ2) is 31.0. The molecule has 1 saturated heterocycles. The van der Waals surface area contributed by atoms with Crippen LogP contribution in [0.4, 0.5) is 0 Å². The molecule has 15 nitrogen and oxygen atoms in total. The van der Waals surface area contributed by atoms with Crippen LogP contribution in [-0.4, -0.2) is 91.7 Å². The number of carbonyl (C=O) groups excluding carboxylic acids is 1. The maximum atomic E-state index is 13.7. The van der Waals surface area contributed by atoms with Crippen LogP contribution in [-0.2, 0) is 38.4 Å².